The summed E-state index contributed by atoms with van der Waals surface area (Å²) in [5.74, 6) is 1.41. The normalized spacial score (nSPS) is 36.7. The van der Waals surface area contributed by atoms with Gasteiger partial charge in [-0.3, -0.25) is 4.79 Å². The fourth-order valence-corrected chi connectivity index (χ4v) is 3.61. The smallest absolute Gasteiger partial charge is 0.306 e. The van der Waals surface area contributed by atoms with Gasteiger partial charge in [-0.2, -0.15) is 0 Å². The lowest BCUT2D eigenvalue weighted by molar-refractivity contribution is -0.142. The first-order chi connectivity index (χ1) is 8.66. The van der Waals surface area contributed by atoms with Crippen LogP contribution in [0.1, 0.15) is 51.9 Å². The van der Waals surface area contributed by atoms with Gasteiger partial charge in [0.15, 0.2) is 0 Å². The molecule has 0 amide bonds. The highest BCUT2D eigenvalue weighted by Gasteiger charge is 2.32. The molecule has 18 heavy (non-hydrogen) atoms. The van der Waals surface area contributed by atoms with Gasteiger partial charge in [0.25, 0.3) is 0 Å². The maximum atomic E-state index is 11.1. The molecule has 104 valence electrons. The molecule has 2 fully saturated rings. The maximum Gasteiger partial charge on any atom is 0.306 e. The monoisotopic (exact) mass is 253 g/mol. The van der Waals surface area contributed by atoms with E-state index in [1.165, 1.54) is 25.7 Å². The largest absolute Gasteiger partial charge is 0.481 e. The Labute approximate surface area is 110 Å². The van der Waals surface area contributed by atoms with Crippen LogP contribution in [0.5, 0.6) is 0 Å². The van der Waals surface area contributed by atoms with Crippen LogP contribution in [-0.2, 0) is 4.79 Å². The van der Waals surface area contributed by atoms with Gasteiger partial charge in [0, 0.05) is 0 Å². The highest BCUT2D eigenvalue weighted by molar-refractivity contribution is 5.70. The first-order valence-corrected chi connectivity index (χ1v) is 7.60. The number of rotatable bonds is 5. The molecule has 2 rings (SSSR count). The summed E-state index contributed by atoms with van der Waals surface area (Å²) in [6.07, 6.45) is 8.49. The Balaban J connectivity index is 1.64. The van der Waals surface area contributed by atoms with E-state index in [0.717, 1.165) is 44.2 Å². The first kappa shape index (κ1) is 13.9. The van der Waals surface area contributed by atoms with E-state index in [9.17, 15) is 4.79 Å². The van der Waals surface area contributed by atoms with Crippen LogP contribution in [0.4, 0.5) is 0 Å². The minimum atomic E-state index is -0.592. The SMILES string of the molecule is CC1CCC(CNCC2CCCC2C(=O)O)CC1. The second kappa shape index (κ2) is 6.55. The first-order valence-electron chi connectivity index (χ1n) is 7.60. The average molecular weight is 253 g/mol. The second-order valence-electron chi connectivity index (χ2n) is 6.42. The Hall–Kier alpha value is -0.570. The van der Waals surface area contributed by atoms with Crippen molar-refractivity contribution < 1.29 is 9.90 Å². The van der Waals surface area contributed by atoms with Crippen LogP contribution in [0, 0.1) is 23.7 Å². The second-order valence-corrected chi connectivity index (χ2v) is 6.42. The Bertz CT molecular complexity index is 272. The van der Waals surface area contributed by atoms with Gasteiger partial charge in [-0.15, -0.1) is 0 Å². The molecule has 2 unspecified atom stereocenters. The number of carboxylic acids is 1. The van der Waals surface area contributed by atoms with Gasteiger partial charge in [0.2, 0.25) is 0 Å². The number of aliphatic carboxylic acids is 1. The molecule has 2 N–H and O–H groups in total. The number of hydrogen-bond donors (Lipinski definition) is 2. The third-order valence-electron chi connectivity index (χ3n) is 4.95. The third kappa shape index (κ3) is 3.71. The lowest BCUT2D eigenvalue weighted by Gasteiger charge is -2.27. The quantitative estimate of drug-likeness (QED) is 0.792. The van der Waals surface area contributed by atoms with E-state index in [0.29, 0.717) is 5.92 Å². The molecule has 0 spiro atoms. The van der Waals surface area contributed by atoms with E-state index in [4.69, 9.17) is 5.11 Å². The van der Waals surface area contributed by atoms with Crippen LogP contribution in [0.15, 0.2) is 0 Å². The van der Waals surface area contributed by atoms with E-state index in [-0.39, 0.29) is 5.92 Å². The molecule has 2 aliphatic rings. The Kier molecular flexibility index (Phi) is 5.04. The van der Waals surface area contributed by atoms with Crippen molar-refractivity contribution in [3.05, 3.63) is 0 Å². The number of carboxylic acid groups (broad SMARTS) is 1. The predicted octanol–water partition coefficient (Wildman–Crippen LogP) is 2.90. The molecular formula is C15H27NO2. The van der Waals surface area contributed by atoms with Crippen LogP contribution in [-0.4, -0.2) is 24.2 Å². The summed E-state index contributed by atoms with van der Waals surface area (Å²) in [7, 11) is 0. The van der Waals surface area contributed by atoms with Crippen LogP contribution >= 0.6 is 0 Å². The molecule has 3 heteroatoms. The average Bonchev–Trinajstić information content (AvgIpc) is 2.80. The van der Waals surface area contributed by atoms with Gasteiger partial charge in [-0.05, 0) is 56.5 Å². The Morgan fingerprint density at radius 3 is 2.50 bits per heavy atom. The van der Waals surface area contributed by atoms with Gasteiger partial charge in [-0.25, -0.2) is 0 Å². The standard InChI is InChI=1S/C15H27NO2/c1-11-5-7-12(8-6-11)9-16-10-13-3-2-4-14(13)15(17)18/h11-14,16H,2-10H2,1H3,(H,17,18). The highest BCUT2D eigenvalue weighted by atomic mass is 16.4. The van der Waals surface area contributed by atoms with Gasteiger partial charge in [0.1, 0.15) is 0 Å². The van der Waals surface area contributed by atoms with Crippen molar-refractivity contribution in [3.8, 4) is 0 Å². The van der Waals surface area contributed by atoms with Gasteiger partial charge in [-0.1, -0.05) is 26.2 Å². The number of nitrogens with one attached hydrogen (secondary N) is 1. The fraction of sp³-hybridized carbons (Fsp3) is 0.933. The summed E-state index contributed by atoms with van der Waals surface area (Å²) in [5, 5.41) is 12.7. The lowest BCUT2D eigenvalue weighted by Crippen LogP contribution is -2.33. The molecule has 0 radical (unpaired) electrons. The molecule has 0 aliphatic heterocycles. The van der Waals surface area contributed by atoms with Crippen molar-refractivity contribution in [2.24, 2.45) is 23.7 Å². The zero-order chi connectivity index (χ0) is 13.0. The van der Waals surface area contributed by atoms with E-state index in [1.807, 2.05) is 0 Å². The van der Waals surface area contributed by atoms with Crippen molar-refractivity contribution >= 4 is 5.97 Å². The summed E-state index contributed by atoms with van der Waals surface area (Å²) in [6, 6.07) is 0. The van der Waals surface area contributed by atoms with Crippen LogP contribution in [0.2, 0.25) is 0 Å². The summed E-state index contributed by atoms with van der Waals surface area (Å²) >= 11 is 0. The van der Waals surface area contributed by atoms with Crippen molar-refractivity contribution in [1.82, 2.24) is 5.32 Å². The zero-order valence-corrected chi connectivity index (χ0v) is 11.5. The molecule has 0 aromatic heterocycles. The fourth-order valence-electron chi connectivity index (χ4n) is 3.61. The van der Waals surface area contributed by atoms with Gasteiger partial charge >= 0.3 is 5.97 Å². The maximum absolute atomic E-state index is 11.1. The number of hydrogen-bond acceptors (Lipinski definition) is 2. The molecule has 0 heterocycles. The van der Waals surface area contributed by atoms with E-state index < -0.39 is 5.97 Å². The van der Waals surface area contributed by atoms with E-state index in [2.05, 4.69) is 12.2 Å². The minimum absolute atomic E-state index is 0.0936. The summed E-state index contributed by atoms with van der Waals surface area (Å²) < 4.78 is 0. The van der Waals surface area contributed by atoms with Crippen molar-refractivity contribution in [3.63, 3.8) is 0 Å². The highest BCUT2D eigenvalue weighted by Crippen LogP contribution is 2.32. The lowest BCUT2D eigenvalue weighted by atomic mass is 9.83. The molecule has 2 saturated carbocycles. The summed E-state index contributed by atoms with van der Waals surface area (Å²) in [5.41, 5.74) is 0. The van der Waals surface area contributed by atoms with E-state index in [1.54, 1.807) is 0 Å². The molecular weight excluding hydrogens is 226 g/mol. The molecule has 2 atom stereocenters. The molecule has 0 saturated heterocycles. The Morgan fingerprint density at radius 1 is 1.11 bits per heavy atom. The summed E-state index contributed by atoms with van der Waals surface area (Å²) in [6.45, 7) is 4.35. The van der Waals surface area contributed by atoms with Gasteiger partial charge < -0.3 is 10.4 Å². The predicted molar refractivity (Wildman–Crippen MR) is 72.5 cm³/mol. The molecule has 0 bridgehead atoms. The molecule has 0 aromatic rings. The van der Waals surface area contributed by atoms with Crippen molar-refractivity contribution in [1.29, 1.82) is 0 Å². The zero-order valence-electron chi connectivity index (χ0n) is 11.5. The summed E-state index contributed by atoms with van der Waals surface area (Å²) in [4.78, 5) is 11.1. The van der Waals surface area contributed by atoms with Gasteiger partial charge in [0.05, 0.1) is 5.92 Å². The minimum Gasteiger partial charge on any atom is -0.481 e. The number of carbonyl (C=O) groups is 1. The molecule has 2 aliphatic carbocycles. The van der Waals surface area contributed by atoms with Crippen LogP contribution in [0.3, 0.4) is 0 Å². The van der Waals surface area contributed by atoms with Crippen molar-refractivity contribution in [2.45, 2.75) is 51.9 Å². The Morgan fingerprint density at radius 2 is 1.83 bits per heavy atom. The molecule has 3 nitrogen and oxygen atoms in total. The topological polar surface area (TPSA) is 49.3 Å². The van der Waals surface area contributed by atoms with E-state index >= 15 is 0 Å². The molecule has 0 aromatic carbocycles. The third-order valence-corrected chi connectivity index (χ3v) is 4.95. The van der Waals surface area contributed by atoms with Crippen LogP contribution in [0.25, 0.3) is 0 Å². The van der Waals surface area contributed by atoms with Crippen LogP contribution < -0.4 is 5.32 Å². The van der Waals surface area contributed by atoms with Crippen molar-refractivity contribution in [2.75, 3.05) is 13.1 Å².